The Morgan fingerprint density at radius 3 is 2.21 bits per heavy atom. The molecule has 0 N–H and O–H groups in total. The van der Waals surface area contributed by atoms with Crippen molar-refractivity contribution in [2.75, 3.05) is 37.3 Å². The van der Waals surface area contributed by atoms with Crippen molar-refractivity contribution in [1.82, 2.24) is 9.88 Å². The van der Waals surface area contributed by atoms with Gasteiger partial charge < -0.3 is 9.80 Å². The third kappa shape index (κ3) is 4.16. The maximum absolute atomic E-state index is 12.5. The molecule has 0 saturated carbocycles. The monoisotopic (exact) mass is 365 g/mol. The quantitative estimate of drug-likeness (QED) is 0.805. The van der Waals surface area contributed by atoms with Crippen LogP contribution in [0.5, 0.6) is 0 Å². The third-order valence-electron chi connectivity index (χ3n) is 3.98. The highest BCUT2D eigenvalue weighted by Gasteiger charge is 2.32. The van der Waals surface area contributed by atoms with Crippen LogP contribution in [0.15, 0.2) is 18.3 Å². The first-order valence-electron chi connectivity index (χ1n) is 7.26. The van der Waals surface area contributed by atoms with E-state index in [0.29, 0.717) is 32.0 Å². The molecule has 1 fully saturated rings. The fourth-order valence-corrected chi connectivity index (χ4v) is 2.85. The van der Waals surface area contributed by atoms with Gasteiger partial charge in [-0.2, -0.15) is 13.2 Å². The minimum Gasteiger partial charge on any atom is -0.353 e. The van der Waals surface area contributed by atoms with Crippen molar-refractivity contribution >= 4 is 21.6 Å². The molecule has 6 nitrogen and oxygen atoms in total. The zero-order chi connectivity index (χ0) is 18.1. The Labute approximate surface area is 138 Å². The summed E-state index contributed by atoms with van der Waals surface area (Å²) in [5.41, 5.74) is -0.818. The van der Waals surface area contributed by atoms with Crippen molar-refractivity contribution in [3.63, 3.8) is 0 Å². The second kappa shape index (κ2) is 6.58. The summed E-state index contributed by atoms with van der Waals surface area (Å²) >= 11 is 0. The highest BCUT2D eigenvalue weighted by Crippen LogP contribution is 2.29. The second-order valence-corrected chi connectivity index (χ2v) is 8.05. The summed E-state index contributed by atoms with van der Waals surface area (Å²) in [6.45, 7) is 2.69. The van der Waals surface area contributed by atoms with E-state index in [2.05, 4.69) is 4.98 Å². The molecule has 1 atom stereocenters. The van der Waals surface area contributed by atoms with Crippen LogP contribution >= 0.6 is 0 Å². The number of amides is 1. The average molecular weight is 365 g/mol. The molecule has 0 radical (unpaired) electrons. The lowest BCUT2D eigenvalue weighted by Crippen LogP contribution is -2.52. The molecule has 1 aliphatic rings. The predicted octanol–water partition coefficient (Wildman–Crippen LogP) is 1.18. The van der Waals surface area contributed by atoms with Gasteiger partial charge in [0.05, 0.1) is 5.56 Å². The lowest BCUT2D eigenvalue weighted by Gasteiger charge is -2.36. The van der Waals surface area contributed by atoms with E-state index in [9.17, 15) is 26.4 Å². The van der Waals surface area contributed by atoms with E-state index in [1.54, 1.807) is 4.90 Å². The Hall–Kier alpha value is -1.84. The van der Waals surface area contributed by atoms with Gasteiger partial charge in [0.1, 0.15) is 11.1 Å². The highest BCUT2D eigenvalue weighted by atomic mass is 32.2. The Morgan fingerprint density at radius 1 is 1.21 bits per heavy atom. The van der Waals surface area contributed by atoms with Gasteiger partial charge in [-0.25, -0.2) is 13.4 Å². The van der Waals surface area contributed by atoms with Gasteiger partial charge in [-0.15, -0.1) is 0 Å². The largest absolute Gasteiger partial charge is 0.417 e. The van der Waals surface area contributed by atoms with Gasteiger partial charge in [0.2, 0.25) is 5.91 Å². The molecule has 0 bridgehead atoms. The lowest BCUT2D eigenvalue weighted by atomic mass is 10.2. The van der Waals surface area contributed by atoms with Crippen LogP contribution in [0.1, 0.15) is 12.5 Å². The fraction of sp³-hybridized carbons (Fsp3) is 0.571. The molecular weight excluding hydrogens is 347 g/mol. The molecule has 134 valence electrons. The predicted molar refractivity (Wildman–Crippen MR) is 82.3 cm³/mol. The van der Waals surface area contributed by atoms with Crippen molar-refractivity contribution in [1.29, 1.82) is 0 Å². The lowest BCUT2D eigenvalue weighted by molar-refractivity contribution is -0.137. The second-order valence-electron chi connectivity index (χ2n) is 5.69. The number of aromatic nitrogens is 1. The topological polar surface area (TPSA) is 70.6 Å². The molecule has 0 aromatic carbocycles. The Bertz CT molecular complexity index is 696. The molecule has 1 aromatic rings. The standard InChI is InChI=1S/C14H18F3N3O3S/c1-10(24(2,22)23)13(21)20-7-5-19(6-8-20)12-4-3-11(9-18-12)14(15,16)17/h3-4,9-10H,5-8H2,1-2H3/t10-/m0/s1. The van der Waals surface area contributed by atoms with Crippen molar-refractivity contribution < 1.29 is 26.4 Å². The summed E-state index contributed by atoms with van der Waals surface area (Å²) < 4.78 is 60.5. The van der Waals surface area contributed by atoms with E-state index in [0.717, 1.165) is 18.5 Å². The summed E-state index contributed by atoms with van der Waals surface area (Å²) in [6, 6.07) is 2.25. The molecule has 0 unspecified atom stereocenters. The maximum atomic E-state index is 12.5. The molecule has 1 saturated heterocycles. The number of pyridine rings is 1. The number of sulfone groups is 1. The average Bonchev–Trinajstić information content (AvgIpc) is 2.52. The van der Waals surface area contributed by atoms with E-state index in [-0.39, 0.29) is 0 Å². The number of halogens is 3. The molecule has 24 heavy (non-hydrogen) atoms. The zero-order valence-corrected chi connectivity index (χ0v) is 14.1. The van der Waals surface area contributed by atoms with Crippen molar-refractivity contribution in [3.8, 4) is 0 Å². The normalized spacial score (nSPS) is 17.7. The van der Waals surface area contributed by atoms with E-state index in [1.165, 1.54) is 17.9 Å². The smallest absolute Gasteiger partial charge is 0.353 e. The van der Waals surface area contributed by atoms with Crippen LogP contribution in [-0.4, -0.2) is 61.9 Å². The van der Waals surface area contributed by atoms with Crippen molar-refractivity contribution in [2.24, 2.45) is 0 Å². The van der Waals surface area contributed by atoms with Crippen LogP contribution in [0.25, 0.3) is 0 Å². The molecular formula is C14H18F3N3O3S. The van der Waals surface area contributed by atoms with E-state index >= 15 is 0 Å². The van der Waals surface area contributed by atoms with Gasteiger partial charge in [0.15, 0.2) is 9.84 Å². The maximum Gasteiger partial charge on any atom is 0.417 e. The first-order valence-corrected chi connectivity index (χ1v) is 9.21. The molecule has 10 heteroatoms. The van der Waals surface area contributed by atoms with Gasteiger partial charge >= 0.3 is 6.18 Å². The Kier molecular flexibility index (Phi) is 5.07. The molecule has 0 aliphatic carbocycles. The van der Waals surface area contributed by atoms with Crippen LogP contribution in [0, 0.1) is 0 Å². The minimum absolute atomic E-state index is 0.293. The summed E-state index contributed by atoms with van der Waals surface area (Å²) in [6.07, 6.45) is -2.64. The van der Waals surface area contributed by atoms with Gasteiger partial charge in [0, 0.05) is 38.6 Å². The number of anilines is 1. The number of hydrogen-bond acceptors (Lipinski definition) is 5. The fourth-order valence-electron chi connectivity index (χ4n) is 2.34. The number of nitrogens with zero attached hydrogens (tertiary/aromatic N) is 3. The van der Waals surface area contributed by atoms with Gasteiger partial charge in [-0.3, -0.25) is 4.79 Å². The number of carbonyl (C=O) groups excluding carboxylic acids is 1. The minimum atomic E-state index is -4.43. The highest BCUT2D eigenvalue weighted by molar-refractivity contribution is 7.92. The molecule has 1 amide bonds. The van der Waals surface area contributed by atoms with E-state index in [4.69, 9.17) is 0 Å². The number of alkyl halides is 3. The van der Waals surface area contributed by atoms with Crippen LogP contribution in [0.4, 0.5) is 19.0 Å². The first-order chi connectivity index (χ1) is 11.0. The molecule has 2 heterocycles. The number of carbonyl (C=O) groups is 1. The Balaban J connectivity index is 1.99. The summed E-state index contributed by atoms with van der Waals surface area (Å²) in [5.74, 6) is -0.0659. The van der Waals surface area contributed by atoms with Crippen LogP contribution < -0.4 is 4.90 Å². The SMILES string of the molecule is C[C@@H](C(=O)N1CCN(c2ccc(C(F)(F)F)cn2)CC1)S(C)(=O)=O. The van der Waals surface area contributed by atoms with E-state index in [1.807, 2.05) is 0 Å². The van der Waals surface area contributed by atoms with Crippen molar-refractivity contribution in [2.45, 2.75) is 18.3 Å². The third-order valence-corrected chi connectivity index (χ3v) is 5.47. The van der Waals surface area contributed by atoms with Crippen LogP contribution in [0.3, 0.4) is 0 Å². The number of hydrogen-bond donors (Lipinski definition) is 0. The van der Waals surface area contributed by atoms with Gasteiger partial charge in [-0.1, -0.05) is 0 Å². The zero-order valence-electron chi connectivity index (χ0n) is 13.2. The number of rotatable bonds is 3. The first kappa shape index (κ1) is 18.5. The van der Waals surface area contributed by atoms with Crippen molar-refractivity contribution in [3.05, 3.63) is 23.9 Å². The molecule has 2 rings (SSSR count). The van der Waals surface area contributed by atoms with Gasteiger partial charge in [0.25, 0.3) is 0 Å². The van der Waals surface area contributed by atoms with Crippen LogP contribution in [0.2, 0.25) is 0 Å². The summed E-state index contributed by atoms with van der Waals surface area (Å²) in [7, 11) is -3.46. The van der Waals surface area contributed by atoms with Crippen LogP contribution in [-0.2, 0) is 20.8 Å². The number of piperazine rings is 1. The molecule has 1 aliphatic heterocycles. The molecule has 0 spiro atoms. The Morgan fingerprint density at radius 2 is 1.79 bits per heavy atom. The summed E-state index contributed by atoms with van der Waals surface area (Å²) in [4.78, 5) is 19.2. The summed E-state index contributed by atoms with van der Waals surface area (Å²) in [5, 5.41) is -1.10. The van der Waals surface area contributed by atoms with Gasteiger partial charge in [-0.05, 0) is 19.1 Å². The molecule has 1 aromatic heterocycles. The van der Waals surface area contributed by atoms with E-state index < -0.39 is 32.7 Å².